The number of rotatable bonds is 5. The monoisotopic (exact) mass is 318 g/mol. The highest BCUT2D eigenvalue weighted by Gasteiger charge is 2.14. The van der Waals surface area contributed by atoms with Crippen LogP contribution in [0, 0.1) is 0 Å². The highest BCUT2D eigenvalue weighted by atomic mass is 35.5. The number of benzene rings is 1. The Morgan fingerprint density at radius 2 is 2.05 bits per heavy atom. The lowest BCUT2D eigenvalue weighted by atomic mass is 10.2. The van der Waals surface area contributed by atoms with Gasteiger partial charge in [0.25, 0.3) is 0 Å². The van der Waals surface area contributed by atoms with Gasteiger partial charge in [0.1, 0.15) is 0 Å². The van der Waals surface area contributed by atoms with Crippen LogP contribution in [0.15, 0.2) is 18.2 Å². The van der Waals surface area contributed by atoms with E-state index in [0.717, 1.165) is 0 Å². The van der Waals surface area contributed by atoms with Crippen molar-refractivity contribution in [1.29, 1.82) is 0 Å². The molecule has 2 amide bonds. The summed E-state index contributed by atoms with van der Waals surface area (Å²) in [5.74, 6) is -0.360. The Balaban J connectivity index is 2.51. The summed E-state index contributed by atoms with van der Waals surface area (Å²) in [7, 11) is 0. The second-order valence-electron chi connectivity index (χ2n) is 4.11. The van der Waals surface area contributed by atoms with E-state index in [4.69, 9.17) is 27.9 Å². The summed E-state index contributed by atoms with van der Waals surface area (Å²) in [6, 6.07) is 4.10. The lowest BCUT2D eigenvalue weighted by molar-refractivity contribution is -0.143. The van der Waals surface area contributed by atoms with Gasteiger partial charge in [-0.1, -0.05) is 29.3 Å². The fourth-order valence-electron chi connectivity index (χ4n) is 1.50. The van der Waals surface area contributed by atoms with Gasteiger partial charge in [0.05, 0.1) is 28.8 Å². The van der Waals surface area contributed by atoms with E-state index in [1.807, 2.05) is 0 Å². The Kier molecular flexibility index (Phi) is 6.61. The molecule has 7 heteroatoms. The second kappa shape index (κ2) is 7.97. The first-order valence-corrected chi connectivity index (χ1v) is 6.86. The molecule has 0 aliphatic heterocycles. The number of esters is 1. The minimum Gasteiger partial charge on any atom is -0.466 e. The molecule has 1 unspecified atom stereocenters. The van der Waals surface area contributed by atoms with Gasteiger partial charge >= 0.3 is 12.0 Å². The summed E-state index contributed by atoms with van der Waals surface area (Å²) in [6.07, 6.45) is 0.102. The van der Waals surface area contributed by atoms with Gasteiger partial charge < -0.3 is 15.4 Å². The molecule has 0 bridgehead atoms. The van der Waals surface area contributed by atoms with Crippen LogP contribution in [0.4, 0.5) is 10.5 Å². The predicted octanol–water partition coefficient (Wildman–Crippen LogP) is 3.46. The standard InChI is InChI=1S/C13H16Cl2N2O3/c1-3-20-11(18)7-8(2)16-13(19)17-10-6-4-5-9(14)12(10)15/h4-6,8H,3,7H2,1-2H3,(H2,16,17,19). The molecule has 0 aromatic heterocycles. The van der Waals surface area contributed by atoms with E-state index in [2.05, 4.69) is 10.6 Å². The maximum absolute atomic E-state index is 11.7. The van der Waals surface area contributed by atoms with E-state index in [1.165, 1.54) is 0 Å². The molecule has 1 rings (SSSR count). The van der Waals surface area contributed by atoms with Crippen molar-refractivity contribution in [2.75, 3.05) is 11.9 Å². The molecule has 5 nitrogen and oxygen atoms in total. The number of nitrogens with one attached hydrogen (secondary N) is 2. The van der Waals surface area contributed by atoms with Crippen molar-refractivity contribution in [2.45, 2.75) is 26.3 Å². The molecule has 1 aromatic carbocycles. The number of hydrogen-bond donors (Lipinski definition) is 2. The Hall–Kier alpha value is -1.46. The Labute approximate surface area is 127 Å². The van der Waals surface area contributed by atoms with Gasteiger partial charge in [0.2, 0.25) is 0 Å². The molecular weight excluding hydrogens is 303 g/mol. The number of urea groups is 1. The zero-order chi connectivity index (χ0) is 15.1. The summed E-state index contributed by atoms with van der Waals surface area (Å²) in [5.41, 5.74) is 0.403. The van der Waals surface area contributed by atoms with Crippen LogP contribution >= 0.6 is 23.2 Å². The van der Waals surface area contributed by atoms with Crippen LogP contribution in [-0.4, -0.2) is 24.6 Å². The first kappa shape index (κ1) is 16.6. The quantitative estimate of drug-likeness (QED) is 0.817. The van der Waals surface area contributed by atoms with Crippen LogP contribution < -0.4 is 10.6 Å². The zero-order valence-electron chi connectivity index (χ0n) is 11.2. The van der Waals surface area contributed by atoms with Crippen molar-refractivity contribution >= 4 is 40.9 Å². The van der Waals surface area contributed by atoms with Crippen LogP contribution in [0.25, 0.3) is 0 Å². The fourth-order valence-corrected chi connectivity index (χ4v) is 1.85. The molecule has 0 aliphatic rings. The molecule has 0 spiro atoms. The van der Waals surface area contributed by atoms with E-state index in [0.29, 0.717) is 17.3 Å². The van der Waals surface area contributed by atoms with E-state index in [9.17, 15) is 9.59 Å². The largest absolute Gasteiger partial charge is 0.466 e. The summed E-state index contributed by atoms with van der Waals surface area (Å²) >= 11 is 11.8. The summed E-state index contributed by atoms with van der Waals surface area (Å²) in [4.78, 5) is 23.0. The van der Waals surface area contributed by atoms with Crippen molar-refractivity contribution in [2.24, 2.45) is 0 Å². The van der Waals surface area contributed by atoms with Gasteiger partial charge in [-0.25, -0.2) is 4.79 Å². The first-order chi connectivity index (χ1) is 9.43. The molecule has 1 atom stereocenters. The highest BCUT2D eigenvalue weighted by Crippen LogP contribution is 2.29. The third kappa shape index (κ3) is 5.27. The lowest BCUT2D eigenvalue weighted by Crippen LogP contribution is -2.37. The molecule has 0 aliphatic carbocycles. The van der Waals surface area contributed by atoms with Crippen LogP contribution in [-0.2, 0) is 9.53 Å². The second-order valence-corrected chi connectivity index (χ2v) is 4.90. The summed E-state index contributed by atoms with van der Waals surface area (Å²) in [5, 5.41) is 5.80. The highest BCUT2D eigenvalue weighted by molar-refractivity contribution is 6.43. The number of halogens is 2. The smallest absolute Gasteiger partial charge is 0.319 e. The average molecular weight is 319 g/mol. The molecule has 110 valence electrons. The van der Waals surface area contributed by atoms with Gasteiger partial charge in [-0.3, -0.25) is 4.79 Å². The van der Waals surface area contributed by atoms with Gasteiger partial charge in [-0.15, -0.1) is 0 Å². The average Bonchev–Trinajstić information content (AvgIpc) is 2.34. The van der Waals surface area contributed by atoms with E-state index in [1.54, 1.807) is 32.0 Å². The van der Waals surface area contributed by atoms with Gasteiger partial charge in [-0.05, 0) is 26.0 Å². The maximum Gasteiger partial charge on any atom is 0.319 e. The topological polar surface area (TPSA) is 67.4 Å². The van der Waals surface area contributed by atoms with Gasteiger partial charge in [-0.2, -0.15) is 0 Å². The molecule has 1 aromatic rings. The minimum absolute atomic E-state index is 0.102. The van der Waals surface area contributed by atoms with Crippen molar-refractivity contribution < 1.29 is 14.3 Å². The molecule has 2 N–H and O–H groups in total. The Morgan fingerprint density at radius 1 is 1.35 bits per heavy atom. The number of hydrogen-bond acceptors (Lipinski definition) is 3. The van der Waals surface area contributed by atoms with Crippen LogP contribution in [0.5, 0.6) is 0 Å². The normalized spacial score (nSPS) is 11.6. The SMILES string of the molecule is CCOC(=O)CC(C)NC(=O)Nc1cccc(Cl)c1Cl. The zero-order valence-corrected chi connectivity index (χ0v) is 12.7. The van der Waals surface area contributed by atoms with Crippen molar-refractivity contribution in [3.05, 3.63) is 28.2 Å². The van der Waals surface area contributed by atoms with Crippen LogP contribution in [0.1, 0.15) is 20.3 Å². The van der Waals surface area contributed by atoms with Crippen molar-refractivity contribution in [3.8, 4) is 0 Å². The summed E-state index contributed by atoms with van der Waals surface area (Å²) < 4.78 is 4.80. The number of anilines is 1. The number of carbonyl (C=O) groups is 2. The van der Waals surface area contributed by atoms with E-state index in [-0.39, 0.29) is 23.5 Å². The fraction of sp³-hybridized carbons (Fsp3) is 0.385. The van der Waals surface area contributed by atoms with E-state index < -0.39 is 6.03 Å². The molecule has 0 saturated carbocycles. The lowest BCUT2D eigenvalue weighted by Gasteiger charge is -2.14. The van der Waals surface area contributed by atoms with Gasteiger partial charge in [0, 0.05) is 6.04 Å². The number of amides is 2. The molecular formula is C13H16Cl2N2O3. The molecule has 0 saturated heterocycles. The Morgan fingerprint density at radius 3 is 2.70 bits per heavy atom. The van der Waals surface area contributed by atoms with Gasteiger partial charge in [0.15, 0.2) is 0 Å². The predicted molar refractivity (Wildman–Crippen MR) is 79.3 cm³/mol. The molecule has 0 heterocycles. The third-order valence-electron chi connectivity index (χ3n) is 2.36. The van der Waals surface area contributed by atoms with Crippen molar-refractivity contribution in [1.82, 2.24) is 5.32 Å². The van der Waals surface area contributed by atoms with Crippen LogP contribution in [0.3, 0.4) is 0 Å². The van der Waals surface area contributed by atoms with Crippen LogP contribution in [0.2, 0.25) is 10.0 Å². The third-order valence-corrected chi connectivity index (χ3v) is 3.17. The van der Waals surface area contributed by atoms with E-state index >= 15 is 0 Å². The molecule has 0 radical (unpaired) electrons. The van der Waals surface area contributed by atoms with Crippen molar-refractivity contribution in [3.63, 3.8) is 0 Å². The molecule has 20 heavy (non-hydrogen) atoms. The minimum atomic E-state index is -0.467. The first-order valence-electron chi connectivity index (χ1n) is 6.11. The molecule has 0 fully saturated rings. The number of ether oxygens (including phenoxy) is 1. The summed E-state index contributed by atoms with van der Waals surface area (Å²) in [6.45, 7) is 3.75. The maximum atomic E-state index is 11.7. The Bertz CT molecular complexity index is 495. The number of carbonyl (C=O) groups excluding carboxylic acids is 2.